The second-order valence-corrected chi connectivity index (χ2v) is 8.46. The van der Waals surface area contributed by atoms with Crippen molar-refractivity contribution in [2.24, 2.45) is 10.9 Å². The summed E-state index contributed by atoms with van der Waals surface area (Å²) in [7, 11) is 1.89. The van der Waals surface area contributed by atoms with E-state index in [0.29, 0.717) is 6.04 Å². The molecule has 2 aliphatic heterocycles. The molecule has 5 nitrogen and oxygen atoms in total. The highest BCUT2D eigenvalue weighted by Crippen LogP contribution is 2.26. The number of guanidine groups is 1. The Hall–Kier alpha value is -0.0800. The van der Waals surface area contributed by atoms with E-state index in [9.17, 15) is 0 Å². The Balaban J connectivity index is 0.00000243. The summed E-state index contributed by atoms with van der Waals surface area (Å²) in [5.41, 5.74) is 0. The van der Waals surface area contributed by atoms with Gasteiger partial charge in [-0.1, -0.05) is 19.8 Å². The van der Waals surface area contributed by atoms with E-state index in [4.69, 9.17) is 0 Å². The van der Waals surface area contributed by atoms with Gasteiger partial charge in [-0.2, -0.15) is 0 Å². The van der Waals surface area contributed by atoms with Gasteiger partial charge in [0.2, 0.25) is 0 Å². The van der Waals surface area contributed by atoms with Crippen molar-refractivity contribution in [3.63, 3.8) is 0 Å². The molecular formula is C20H40IN5. The fourth-order valence-corrected chi connectivity index (χ4v) is 4.89. The molecule has 0 aromatic rings. The van der Waals surface area contributed by atoms with E-state index in [1.54, 1.807) is 0 Å². The third-order valence-electron chi connectivity index (χ3n) is 6.31. The van der Waals surface area contributed by atoms with Crippen LogP contribution in [0.2, 0.25) is 0 Å². The average Bonchev–Trinajstić information content (AvgIpc) is 3.29. The minimum Gasteiger partial charge on any atom is -0.356 e. The molecule has 3 aliphatic rings. The van der Waals surface area contributed by atoms with Gasteiger partial charge in [0, 0.05) is 45.3 Å². The molecule has 0 amide bonds. The molecule has 2 N–H and O–H groups in total. The molecule has 1 aliphatic carbocycles. The first kappa shape index (κ1) is 22.2. The first-order valence-corrected chi connectivity index (χ1v) is 10.7. The van der Waals surface area contributed by atoms with Crippen molar-refractivity contribution in [3.8, 4) is 0 Å². The molecule has 0 radical (unpaired) electrons. The van der Waals surface area contributed by atoms with Crippen LogP contribution in [0.3, 0.4) is 0 Å². The number of hydrogen-bond acceptors (Lipinski definition) is 3. The van der Waals surface area contributed by atoms with E-state index in [1.165, 1.54) is 84.1 Å². The quantitative estimate of drug-likeness (QED) is 0.267. The van der Waals surface area contributed by atoms with E-state index in [2.05, 4.69) is 32.3 Å². The summed E-state index contributed by atoms with van der Waals surface area (Å²) in [4.78, 5) is 9.76. The van der Waals surface area contributed by atoms with Crippen LogP contribution in [-0.2, 0) is 0 Å². The predicted molar refractivity (Wildman–Crippen MR) is 122 cm³/mol. The summed E-state index contributed by atoms with van der Waals surface area (Å²) >= 11 is 0. The zero-order valence-corrected chi connectivity index (χ0v) is 19.2. The van der Waals surface area contributed by atoms with Crippen LogP contribution in [0.5, 0.6) is 0 Å². The van der Waals surface area contributed by atoms with Crippen LogP contribution < -0.4 is 10.6 Å². The van der Waals surface area contributed by atoms with Crippen molar-refractivity contribution >= 4 is 29.9 Å². The molecule has 1 saturated carbocycles. The zero-order valence-electron chi connectivity index (χ0n) is 16.9. The minimum atomic E-state index is 0. The van der Waals surface area contributed by atoms with E-state index in [1.807, 2.05) is 7.05 Å². The van der Waals surface area contributed by atoms with Gasteiger partial charge in [0.1, 0.15) is 0 Å². The van der Waals surface area contributed by atoms with E-state index in [-0.39, 0.29) is 24.0 Å². The Kier molecular flexibility index (Phi) is 9.99. The highest BCUT2D eigenvalue weighted by atomic mass is 127. The van der Waals surface area contributed by atoms with Gasteiger partial charge in [-0.15, -0.1) is 24.0 Å². The van der Waals surface area contributed by atoms with Crippen molar-refractivity contribution in [2.75, 3.05) is 46.3 Å². The second kappa shape index (κ2) is 11.7. The lowest BCUT2D eigenvalue weighted by Gasteiger charge is -2.30. The van der Waals surface area contributed by atoms with E-state index >= 15 is 0 Å². The van der Waals surface area contributed by atoms with Gasteiger partial charge in [0.25, 0.3) is 0 Å². The van der Waals surface area contributed by atoms with Gasteiger partial charge < -0.3 is 15.5 Å². The van der Waals surface area contributed by atoms with Crippen molar-refractivity contribution in [1.82, 2.24) is 20.4 Å². The summed E-state index contributed by atoms with van der Waals surface area (Å²) in [5.74, 6) is 1.87. The molecule has 152 valence electrons. The number of likely N-dealkylation sites (tertiary alicyclic amines) is 2. The number of piperidine rings is 1. The Morgan fingerprint density at radius 1 is 1.04 bits per heavy atom. The Labute approximate surface area is 177 Å². The molecule has 2 saturated heterocycles. The maximum Gasteiger partial charge on any atom is 0.191 e. The number of aliphatic imine (C=N–C) groups is 1. The highest BCUT2D eigenvalue weighted by Gasteiger charge is 2.30. The standard InChI is InChI=1S/C20H39N5.HI/c1-17-7-5-12-24(15-17)13-6-11-22-20(21-2)23-18-10-14-25(16-18)19-8-3-4-9-19;/h17-19H,3-16H2,1-2H3,(H2,21,22,23);1H. The largest absolute Gasteiger partial charge is 0.356 e. The molecule has 3 rings (SSSR count). The van der Waals surface area contributed by atoms with Crippen molar-refractivity contribution in [3.05, 3.63) is 0 Å². The van der Waals surface area contributed by atoms with Crippen LogP contribution in [-0.4, -0.2) is 74.2 Å². The van der Waals surface area contributed by atoms with Crippen LogP contribution in [0.1, 0.15) is 58.3 Å². The molecule has 0 bridgehead atoms. The van der Waals surface area contributed by atoms with Crippen LogP contribution in [0, 0.1) is 5.92 Å². The summed E-state index contributed by atoms with van der Waals surface area (Å²) in [6.07, 6.45) is 10.9. The number of rotatable bonds is 6. The predicted octanol–water partition coefficient (Wildman–Crippen LogP) is 2.91. The van der Waals surface area contributed by atoms with Gasteiger partial charge in [-0.05, 0) is 57.5 Å². The molecule has 0 aromatic heterocycles. The monoisotopic (exact) mass is 477 g/mol. The van der Waals surface area contributed by atoms with Gasteiger partial charge in [-0.3, -0.25) is 9.89 Å². The summed E-state index contributed by atoms with van der Waals surface area (Å²) < 4.78 is 0. The number of nitrogens with zero attached hydrogens (tertiary/aromatic N) is 3. The third-order valence-corrected chi connectivity index (χ3v) is 6.31. The molecule has 3 fully saturated rings. The summed E-state index contributed by atoms with van der Waals surface area (Å²) in [6.45, 7) is 9.63. The SMILES string of the molecule is CN=C(NCCCN1CCCC(C)C1)NC1CCN(C2CCCC2)C1.I. The smallest absolute Gasteiger partial charge is 0.191 e. The number of hydrogen-bond donors (Lipinski definition) is 2. The van der Waals surface area contributed by atoms with Crippen LogP contribution in [0.4, 0.5) is 0 Å². The van der Waals surface area contributed by atoms with Crippen molar-refractivity contribution < 1.29 is 0 Å². The zero-order chi connectivity index (χ0) is 17.5. The topological polar surface area (TPSA) is 42.9 Å². The molecule has 2 atom stereocenters. The lowest BCUT2D eigenvalue weighted by molar-refractivity contribution is 0.182. The Morgan fingerprint density at radius 3 is 2.58 bits per heavy atom. The fraction of sp³-hybridized carbons (Fsp3) is 0.950. The van der Waals surface area contributed by atoms with Crippen LogP contribution in [0.15, 0.2) is 4.99 Å². The van der Waals surface area contributed by atoms with Crippen molar-refractivity contribution in [2.45, 2.75) is 70.4 Å². The van der Waals surface area contributed by atoms with E-state index in [0.717, 1.165) is 24.5 Å². The maximum absolute atomic E-state index is 4.43. The minimum absolute atomic E-state index is 0. The first-order chi connectivity index (χ1) is 12.2. The summed E-state index contributed by atoms with van der Waals surface area (Å²) in [5, 5.41) is 7.17. The fourth-order valence-electron chi connectivity index (χ4n) is 4.89. The first-order valence-electron chi connectivity index (χ1n) is 10.7. The second-order valence-electron chi connectivity index (χ2n) is 8.46. The maximum atomic E-state index is 4.43. The average molecular weight is 477 g/mol. The molecule has 0 aromatic carbocycles. The third kappa shape index (κ3) is 6.82. The molecular weight excluding hydrogens is 437 g/mol. The molecule has 26 heavy (non-hydrogen) atoms. The number of halogens is 1. The van der Waals surface area contributed by atoms with Crippen LogP contribution >= 0.6 is 24.0 Å². The lowest BCUT2D eigenvalue weighted by Crippen LogP contribution is -2.46. The van der Waals surface area contributed by atoms with Crippen molar-refractivity contribution in [1.29, 1.82) is 0 Å². The van der Waals surface area contributed by atoms with Gasteiger partial charge in [-0.25, -0.2) is 0 Å². The lowest BCUT2D eigenvalue weighted by atomic mass is 10.0. The highest BCUT2D eigenvalue weighted by molar-refractivity contribution is 14.0. The normalized spacial score (nSPS) is 28.9. The summed E-state index contributed by atoms with van der Waals surface area (Å²) in [6, 6.07) is 1.42. The van der Waals surface area contributed by atoms with Gasteiger partial charge >= 0.3 is 0 Å². The molecule has 2 heterocycles. The number of nitrogens with one attached hydrogen (secondary N) is 2. The van der Waals surface area contributed by atoms with Crippen LogP contribution in [0.25, 0.3) is 0 Å². The molecule has 0 spiro atoms. The van der Waals surface area contributed by atoms with E-state index < -0.39 is 0 Å². The molecule has 6 heteroatoms. The van der Waals surface area contributed by atoms with Gasteiger partial charge in [0.15, 0.2) is 5.96 Å². The Bertz CT molecular complexity index is 424. The Morgan fingerprint density at radius 2 is 1.85 bits per heavy atom. The molecule has 2 unspecified atom stereocenters. The van der Waals surface area contributed by atoms with Gasteiger partial charge in [0.05, 0.1) is 0 Å².